The van der Waals surface area contributed by atoms with Gasteiger partial charge in [0.25, 0.3) is 0 Å². The quantitative estimate of drug-likeness (QED) is 0.730. The number of nitrogens with zero attached hydrogens (tertiary/aromatic N) is 6. The molecule has 108 valence electrons. The number of nitrogens with two attached hydrogens (primary N) is 1. The summed E-state index contributed by atoms with van der Waals surface area (Å²) in [7, 11) is 0. The first-order chi connectivity index (χ1) is 11.2. The molecule has 8 nitrogen and oxygen atoms in total. The summed E-state index contributed by atoms with van der Waals surface area (Å²) in [6, 6.07) is 14.7. The lowest BCUT2D eigenvalue weighted by Crippen LogP contribution is -2.13. The SMILES string of the molecule is N#Cc1nc2c(C#N)c(N)n(Nc3ccccc3)c2nc1C#N. The van der Waals surface area contributed by atoms with Crippen molar-refractivity contribution < 1.29 is 0 Å². The molecule has 0 spiro atoms. The highest BCUT2D eigenvalue weighted by molar-refractivity contribution is 5.87. The van der Waals surface area contributed by atoms with Gasteiger partial charge in [-0.15, -0.1) is 0 Å². The molecule has 0 amide bonds. The fraction of sp³-hybridized carbons (Fsp3) is 0. The van der Waals surface area contributed by atoms with Crippen molar-refractivity contribution in [2.24, 2.45) is 0 Å². The molecule has 0 saturated heterocycles. The molecule has 2 heterocycles. The predicted molar refractivity (Wildman–Crippen MR) is 81.5 cm³/mol. The predicted octanol–water partition coefficient (Wildman–Crippen LogP) is 1.50. The molecule has 3 rings (SSSR count). The van der Waals surface area contributed by atoms with Crippen molar-refractivity contribution >= 4 is 22.7 Å². The van der Waals surface area contributed by atoms with Crippen molar-refractivity contribution in [2.75, 3.05) is 11.2 Å². The molecule has 0 fully saturated rings. The smallest absolute Gasteiger partial charge is 0.182 e. The van der Waals surface area contributed by atoms with Gasteiger partial charge in [-0.05, 0) is 12.1 Å². The van der Waals surface area contributed by atoms with Gasteiger partial charge in [0.1, 0.15) is 35.1 Å². The van der Waals surface area contributed by atoms with Gasteiger partial charge in [-0.3, -0.25) is 5.43 Å². The normalized spacial score (nSPS) is 9.78. The lowest BCUT2D eigenvalue weighted by atomic mass is 10.3. The Balaban J connectivity index is 2.30. The van der Waals surface area contributed by atoms with E-state index in [-0.39, 0.29) is 33.9 Å². The molecule has 0 unspecified atom stereocenters. The van der Waals surface area contributed by atoms with Crippen LogP contribution in [0, 0.1) is 34.0 Å². The monoisotopic (exact) mass is 300 g/mol. The van der Waals surface area contributed by atoms with E-state index in [0.29, 0.717) is 5.69 Å². The Labute approximate surface area is 130 Å². The number of fused-ring (bicyclic) bond motifs is 1. The maximum Gasteiger partial charge on any atom is 0.182 e. The Morgan fingerprint density at radius 2 is 1.61 bits per heavy atom. The molecule has 0 atom stereocenters. The molecule has 2 aromatic heterocycles. The van der Waals surface area contributed by atoms with Crippen LogP contribution in [0.25, 0.3) is 11.2 Å². The summed E-state index contributed by atoms with van der Waals surface area (Å²) in [5.41, 5.74) is 9.91. The Morgan fingerprint density at radius 1 is 0.957 bits per heavy atom. The number of rotatable bonds is 2. The molecule has 3 N–H and O–H groups in total. The van der Waals surface area contributed by atoms with Gasteiger partial charge in [0.2, 0.25) is 0 Å². The summed E-state index contributed by atoms with van der Waals surface area (Å²) in [6.07, 6.45) is 0. The van der Waals surface area contributed by atoms with Crippen LogP contribution in [0.5, 0.6) is 0 Å². The van der Waals surface area contributed by atoms with Crippen molar-refractivity contribution in [1.29, 1.82) is 15.8 Å². The van der Waals surface area contributed by atoms with Gasteiger partial charge in [-0.1, -0.05) is 18.2 Å². The lowest BCUT2D eigenvalue weighted by molar-refractivity contribution is 0.992. The van der Waals surface area contributed by atoms with Gasteiger partial charge < -0.3 is 5.73 Å². The number of para-hydroxylation sites is 1. The third kappa shape index (κ3) is 2.15. The molecule has 0 aliphatic rings. The zero-order valence-corrected chi connectivity index (χ0v) is 11.6. The zero-order chi connectivity index (χ0) is 16.4. The highest BCUT2D eigenvalue weighted by atomic mass is 15.4. The van der Waals surface area contributed by atoms with Crippen LogP contribution < -0.4 is 11.2 Å². The Hall–Kier alpha value is -4.09. The van der Waals surface area contributed by atoms with E-state index < -0.39 is 0 Å². The molecule has 23 heavy (non-hydrogen) atoms. The minimum Gasteiger partial charge on any atom is -0.382 e. The van der Waals surface area contributed by atoms with E-state index in [1.807, 2.05) is 30.3 Å². The molecular formula is C15H8N8. The molecule has 0 radical (unpaired) electrons. The van der Waals surface area contributed by atoms with E-state index in [2.05, 4.69) is 15.4 Å². The maximum atomic E-state index is 9.30. The highest BCUT2D eigenvalue weighted by Gasteiger charge is 2.20. The standard InChI is InChI=1S/C15H8N8/c16-6-10-13-15(21-12(8-18)11(7-17)20-13)23(14(10)19)22-9-4-2-1-3-5-9/h1-5,22H,19H2. The van der Waals surface area contributed by atoms with Crippen LogP contribution in [0.2, 0.25) is 0 Å². The molecule has 8 heteroatoms. The molecule has 1 aromatic carbocycles. The van der Waals surface area contributed by atoms with Crippen LogP contribution in [-0.4, -0.2) is 14.6 Å². The number of benzene rings is 1. The second-order valence-corrected chi connectivity index (χ2v) is 4.50. The number of nitriles is 3. The average molecular weight is 300 g/mol. The summed E-state index contributed by atoms with van der Waals surface area (Å²) < 4.78 is 1.37. The number of nitrogens with one attached hydrogen (secondary N) is 1. The first-order valence-electron chi connectivity index (χ1n) is 6.44. The second kappa shape index (κ2) is 5.36. The molecule has 0 saturated carbocycles. The van der Waals surface area contributed by atoms with Crippen LogP contribution >= 0.6 is 0 Å². The summed E-state index contributed by atoms with van der Waals surface area (Å²) in [5, 5.41) is 27.4. The number of aromatic nitrogens is 3. The fourth-order valence-electron chi connectivity index (χ4n) is 2.12. The summed E-state index contributed by atoms with van der Waals surface area (Å²) in [5.74, 6) is 0.102. The van der Waals surface area contributed by atoms with Gasteiger partial charge in [-0.25, -0.2) is 14.6 Å². The summed E-state index contributed by atoms with van der Waals surface area (Å²) in [6.45, 7) is 0. The zero-order valence-electron chi connectivity index (χ0n) is 11.6. The summed E-state index contributed by atoms with van der Waals surface area (Å²) >= 11 is 0. The Morgan fingerprint density at radius 3 is 2.22 bits per heavy atom. The average Bonchev–Trinajstić information content (AvgIpc) is 2.85. The van der Waals surface area contributed by atoms with E-state index >= 15 is 0 Å². The minimum absolute atomic E-state index is 0.0944. The third-order valence-corrected chi connectivity index (χ3v) is 3.16. The topological polar surface area (TPSA) is 140 Å². The Kier molecular flexibility index (Phi) is 3.23. The molecule has 0 aliphatic carbocycles. The highest BCUT2D eigenvalue weighted by Crippen LogP contribution is 2.26. The Bertz CT molecular complexity index is 1030. The van der Waals surface area contributed by atoms with E-state index in [0.717, 1.165) is 0 Å². The first-order valence-corrected chi connectivity index (χ1v) is 6.44. The van der Waals surface area contributed by atoms with Crippen LogP contribution in [0.3, 0.4) is 0 Å². The number of hydrogen-bond acceptors (Lipinski definition) is 7. The maximum absolute atomic E-state index is 9.30. The van der Waals surface area contributed by atoms with Gasteiger partial charge in [0, 0.05) is 0 Å². The van der Waals surface area contributed by atoms with Gasteiger partial charge in [0.05, 0.1) is 5.69 Å². The van der Waals surface area contributed by atoms with Crippen LogP contribution in [0.15, 0.2) is 30.3 Å². The van der Waals surface area contributed by atoms with Gasteiger partial charge >= 0.3 is 0 Å². The summed E-state index contributed by atoms with van der Waals surface area (Å²) in [4.78, 5) is 8.16. The van der Waals surface area contributed by atoms with E-state index in [1.165, 1.54) is 4.68 Å². The molecular weight excluding hydrogens is 292 g/mol. The molecule has 3 aromatic rings. The largest absolute Gasteiger partial charge is 0.382 e. The molecule has 0 aliphatic heterocycles. The van der Waals surface area contributed by atoms with E-state index in [9.17, 15) is 5.26 Å². The van der Waals surface area contributed by atoms with Crippen LogP contribution in [0.4, 0.5) is 11.5 Å². The number of nitrogen functional groups attached to an aromatic ring is 1. The van der Waals surface area contributed by atoms with Crippen molar-refractivity contribution in [1.82, 2.24) is 14.6 Å². The van der Waals surface area contributed by atoms with Crippen molar-refractivity contribution in [3.63, 3.8) is 0 Å². The van der Waals surface area contributed by atoms with Crippen molar-refractivity contribution in [3.8, 4) is 18.2 Å². The number of anilines is 2. The van der Waals surface area contributed by atoms with E-state index in [1.54, 1.807) is 18.2 Å². The number of hydrogen-bond donors (Lipinski definition) is 2. The first kappa shape index (κ1) is 13.9. The van der Waals surface area contributed by atoms with Crippen molar-refractivity contribution in [3.05, 3.63) is 47.3 Å². The van der Waals surface area contributed by atoms with Gasteiger partial charge in [0.15, 0.2) is 17.0 Å². The van der Waals surface area contributed by atoms with Crippen LogP contribution in [-0.2, 0) is 0 Å². The van der Waals surface area contributed by atoms with Crippen LogP contribution in [0.1, 0.15) is 17.0 Å². The fourth-order valence-corrected chi connectivity index (χ4v) is 2.12. The molecule has 0 bridgehead atoms. The lowest BCUT2D eigenvalue weighted by Gasteiger charge is -2.10. The van der Waals surface area contributed by atoms with Crippen molar-refractivity contribution in [2.45, 2.75) is 0 Å². The second-order valence-electron chi connectivity index (χ2n) is 4.50. The third-order valence-electron chi connectivity index (χ3n) is 3.16. The van der Waals surface area contributed by atoms with Gasteiger partial charge in [-0.2, -0.15) is 15.8 Å². The van der Waals surface area contributed by atoms with E-state index in [4.69, 9.17) is 16.3 Å². The minimum atomic E-state index is -0.145.